The van der Waals surface area contributed by atoms with Crippen LogP contribution in [0.4, 0.5) is 9.59 Å². The molecule has 0 saturated heterocycles. The molecule has 0 aromatic heterocycles. The molecule has 46 heavy (non-hydrogen) atoms. The van der Waals surface area contributed by atoms with Crippen LogP contribution >= 0.6 is 0 Å². The molecule has 3 amide bonds. The van der Waals surface area contributed by atoms with Crippen LogP contribution in [0, 0.1) is 5.92 Å². The number of nitrogens with zero attached hydrogens (tertiary/aromatic N) is 1. The molecular weight excluding hydrogens is 590 g/mol. The average Bonchev–Trinajstić information content (AvgIpc) is 2.94. The molecule has 11 heteroatoms. The molecule has 0 unspecified atom stereocenters. The first kappa shape index (κ1) is 38.1. The molecular formula is C35H51N3O8. The van der Waals surface area contributed by atoms with Gasteiger partial charge in [-0.25, -0.2) is 14.4 Å². The number of esters is 1. The molecule has 11 nitrogen and oxygen atoms in total. The highest BCUT2D eigenvalue weighted by Gasteiger charge is 2.41. The second kappa shape index (κ2) is 17.5. The van der Waals surface area contributed by atoms with Crippen LogP contribution in [-0.2, 0) is 37.0 Å². The standard InChI is InChI=1S/C35H51N3O8/c1-24(2)21-28(31(41)45-34(3,4)5)36-30(40)29(27(19-20-39)37-32(42)46-35(6,7)8)38(22-25-15-11-9-12-16-25)33(43)44-23-26-17-13-10-14-18-26/h9-18,24,27-29,39H,19-23H2,1-8H3,(H,36,40)(H,37,42)/t27-,28-,29-/m0/s1. The molecule has 0 saturated carbocycles. The van der Waals surface area contributed by atoms with Crippen molar-refractivity contribution in [1.29, 1.82) is 0 Å². The second-order valence-corrected chi connectivity index (χ2v) is 13.6. The Morgan fingerprint density at radius 3 is 1.85 bits per heavy atom. The van der Waals surface area contributed by atoms with E-state index in [9.17, 15) is 24.3 Å². The lowest BCUT2D eigenvalue weighted by molar-refractivity contribution is -0.159. The number of hydrogen-bond donors (Lipinski definition) is 3. The summed E-state index contributed by atoms with van der Waals surface area (Å²) < 4.78 is 16.8. The van der Waals surface area contributed by atoms with E-state index in [4.69, 9.17) is 14.2 Å². The first-order valence-electron chi connectivity index (χ1n) is 15.6. The van der Waals surface area contributed by atoms with Crippen molar-refractivity contribution in [2.75, 3.05) is 6.61 Å². The number of ether oxygens (including phenoxy) is 3. The highest BCUT2D eigenvalue weighted by Crippen LogP contribution is 2.20. The van der Waals surface area contributed by atoms with E-state index in [-0.39, 0.29) is 31.9 Å². The van der Waals surface area contributed by atoms with E-state index in [1.807, 2.05) is 38.1 Å². The number of carbonyl (C=O) groups excluding carboxylic acids is 4. The fraction of sp³-hybridized carbons (Fsp3) is 0.543. The zero-order chi connectivity index (χ0) is 34.5. The van der Waals surface area contributed by atoms with Gasteiger partial charge in [0.1, 0.15) is 29.9 Å². The predicted octanol–water partition coefficient (Wildman–Crippen LogP) is 5.34. The van der Waals surface area contributed by atoms with Crippen LogP contribution in [0.3, 0.4) is 0 Å². The zero-order valence-corrected chi connectivity index (χ0v) is 28.4. The molecule has 0 bridgehead atoms. The molecule has 3 N–H and O–H groups in total. The molecule has 0 spiro atoms. The van der Waals surface area contributed by atoms with Crippen molar-refractivity contribution >= 4 is 24.1 Å². The van der Waals surface area contributed by atoms with Crippen molar-refractivity contribution < 1.29 is 38.5 Å². The Bertz CT molecular complexity index is 1260. The molecule has 0 radical (unpaired) electrons. The summed E-state index contributed by atoms with van der Waals surface area (Å²) in [7, 11) is 0. The van der Waals surface area contributed by atoms with Gasteiger partial charge in [-0.05, 0) is 71.4 Å². The number of aliphatic hydroxyl groups excluding tert-OH is 1. The average molecular weight is 642 g/mol. The number of alkyl carbamates (subject to hydrolysis) is 1. The Morgan fingerprint density at radius 1 is 0.804 bits per heavy atom. The van der Waals surface area contributed by atoms with Crippen molar-refractivity contribution in [3.63, 3.8) is 0 Å². The summed E-state index contributed by atoms with van der Waals surface area (Å²) in [6.07, 6.45) is -1.53. The Balaban J connectivity index is 2.61. The van der Waals surface area contributed by atoms with Crippen LogP contribution in [-0.4, -0.2) is 70.0 Å². The SMILES string of the molecule is CC(C)C[C@H](NC(=O)[C@H]([C@H](CCO)NC(=O)OC(C)(C)C)N(Cc1ccccc1)C(=O)OCc1ccccc1)C(=O)OC(C)(C)C. The van der Waals surface area contributed by atoms with Crippen LogP contribution in [0.1, 0.15) is 79.4 Å². The maximum absolute atomic E-state index is 14.4. The summed E-state index contributed by atoms with van der Waals surface area (Å²) in [5, 5.41) is 15.5. The molecule has 0 heterocycles. The van der Waals surface area contributed by atoms with Gasteiger partial charge in [0.05, 0.1) is 6.04 Å². The maximum Gasteiger partial charge on any atom is 0.411 e. The zero-order valence-electron chi connectivity index (χ0n) is 28.4. The fourth-order valence-electron chi connectivity index (χ4n) is 4.62. The van der Waals surface area contributed by atoms with Crippen molar-refractivity contribution in [3.05, 3.63) is 71.8 Å². The van der Waals surface area contributed by atoms with Gasteiger partial charge in [-0.2, -0.15) is 0 Å². The van der Waals surface area contributed by atoms with Gasteiger partial charge in [-0.3, -0.25) is 9.69 Å². The van der Waals surface area contributed by atoms with E-state index in [0.29, 0.717) is 5.56 Å². The summed E-state index contributed by atoms with van der Waals surface area (Å²) in [4.78, 5) is 55.7. The lowest BCUT2D eigenvalue weighted by Crippen LogP contribution is -2.62. The van der Waals surface area contributed by atoms with E-state index in [1.165, 1.54) is 4.90 Å². The minimum Gasteiger partial charge on any atom is -0.458 e. The molecule has 2 aromatic carbocycles. The molecule has 0 fully saturated rings. The van der Waals surface area contributed by atoms with E-state index in [2.05, 4.69) is 10.6 Å². The largest absolute Gasteiger partial charge is 0.458 e. The fourth-order valence-corrected chi connectivity index (χ4v) is 4.62. The van der Waals surface area contributed by atoms with Gasteiger partial charge in [0.2, 0.25) is 5.91 Å². The number of amides is 3. The predicted molar refractivity (Wildman–Crippen MR) is 174 cm³/mol. The van der Waals surface area contributed by atoms with Gasteiger partial charge in [0, 0.05) is 13.2 Å². The number of benzene rings is 2. The summed E-state index contributed by atoms with van der Waals surface area (Å²) in [5.41, 5.74) is -0.252. The van der Waals surface area contributed by atoms with Gasteiger partial charge >= 0.3 is 18.2 Å². The van der Waals surface area contributed by atoms with E-state index in [0.717, 1.165) is 5.56 Å². The third kappa shape index (κ3) is 13.9. The Kier molecular flexibility index (Phi) is 14.5. The third-order valence-corrected chi connectivity index (χ3v) is 6.48. The quantitative estimate of drug-likeness (QED) is 0.185. The first-order valence-corrected chi connectivity index (χ1v) is 15.6. The van der Waals surface area contributed by atoms with Crippen LogP contribution < -0.4 is 10.6 Å². The van der Waals surface area contributed by atoms with Gasteiger partial charge in [-0.1, -0.05) is 74.5 Å². The molecule has 0 aliphatic carbocycles. The summed E-state index contributed by atoms with van der Waals surface area (Å²) in [6.45, 7) is 13.5. The minimum absolute atomic E-state index is 0.000607. The summed E-state index contributed by atoms with van der Waals surface area (Å²) in [6, 6.07) is 14.4. The summed E-state index contributed by atoms with van der Waals surface area (Å²) in [5.74, 6) is -1.37. The molecule has 2 rings (SSSR count). The van der Waals surface area contributed by atoms with E-state index in [1.54, 1.807) is 77.9 Å². The van der Waals surface area contributed by atoms with E-state index >= 15 is 0 Å². The van der Waals surface area contributed by atoms with Crippen LogP contribution in [0.2, 0.25) is 0 Å². The Labute approximate surface area is 273 Å². The number of aliphatic hydroxyl groups is 1. The Morgan fingerprint density at radius 2 is 1.35 bits per heavy atom. The molecule has 0 aliphatic heterocycles. The van der Waals surface area contributed by atoms with Crippen LogP contribution in [0.25, 0.3) is 0 Å². The van der Waals surface area contributed by atoms with Gasteiger partial charge in [-0.15, -0.1) is 0 Å². The van der Waals surface area contributed by atoms with E-state index < -0.39 is 60.0 Å². The third-order valence-electron chi connectivity index (χ3n) is 6.48. The highest BCUT2D eigenvalue weighted by molar-refractivity contribution is 5.91. The van der Waals surface area contributed by atoms with Gasteiger partial charge < -0.3 is 30.0 Å². The lowest BCUT2D eigenvalue weighted by Gasteiger charge is -2.37. The van der Waals surface area contributed by atoms with Gasteiger partial charge in [0.25, 0.3) is 0 Å². The number of carbonyl (C=O) groups is 4. The topological polar surface area (TPSA) is 144 Å². The smallest absolute Gasteiger partial charge is 0.411 e. The van der Waals surface area contributed by atoms with Crippen molar-refractivity contribution in [2.24, 2.45) is 5.92 Å². The highest BCUT2D eigenvalue weighted by atomic mass is 16.6. The number of rotatable bonds is 14. The molecule has 2 aromatic rings. The van der Waals surface area contributed by atoms with Crippen molar-refractivity contribution in [2.45, 2.75) is 111 Å². The number of nitrogens with one attached hydrogen (secondary N) is 2. The monoisotopic (exact) mass is 641 g/mol. The maximum atomic E-state index is 14.4. The molecule has 254 valence electrons. The van der Waals surface area contributed by atoms with Crippen LogP contribution in [0.5, 0.6) is 0 Å². The van der Waals surface area contributed by atoms with Crippen molar-refractivity contribution in [3.8, 4) is 0 Å². The Hall–Kier alpha value is -4.12. The normalized spacial score (nSPS) is 13.6. The van der Waals surface area contributed by atoms with Crippen LogP contribution in [0.15, 0.2) is 60.7 Å². The van der Waals surface area contributed by atoms with Gasteiger partial charge in [0.15, 0.2) is 0 Å². The summed E-state index contributed by atoms with van der Waals surface area (Å²) >= 11 is 0. The molecule has 3 atom stereocenters. The number of hydrogen-bond acceptors (Lipinski definition) is 8. The molecule has 0 aliphatic rings. The lowest BCUT2D eigenvalue weighted by atomic mass is 9.99. The first-order chi connectivity index (χ1) is 21.5. The van der Waals surface area contributed by atoms with Crippen molar-refractivity contribution in [1.82, 2.24) is 15.5 Å². The second-order valence-electron chi connectivity index (χ2n) is 13.6. The minimum atomic E-state index is -1.43.